The predicted octanol–water partition coefficient (Wildman–Crippen LogP) is 1.79. The van der Waals surface area contributed by atoms with Crippen molar-refractivity contribution in [2.24, 2.45) is 5.73 Å². The molecule has 1 aliphatic carbocycles. The van der Waals surface area contributed by atoms with Crippen molar-refractivity contribution in [1.29, 1.82) is 0 Å². The van der Waals surface area contributed by atoms with Crippen molar-refractivity contribution in [2.45, 2.75) is 37.8 Å². The summed E-state index contributed by atoms with van der Waals surface area (Å²) in [6, 6.07) is 4.17. The second kappa shape index (κ2) is 7.31. The van der Waals surface area contributed by atoms with Gasteiger partial charge in [0.15, 0.2) is 0 Å². The Morgan fingerprint density at radius 3 is 2.74 bits per heavy atom. The third kappa shape index (κ3) is 4.69. The highest BCUT2D eigenvalue weighted by Crippen LogP contribution is 2.19. The van der Waals surface area contributed by atoms with Crippen LogP contribution in [0.3, 0.4) is 0 Å². The Labute approximate surface area is 114 Å². The Morgan fingerprint density at radius 1 is 1.32 bits per heavy atom. The van der Waals surface area contributed by atoms with Crippen LogP contribution < -0.4 is 15.8 Å². The van der Waals surface area contributed by atoms with Crippen LogP contribution in [0, 0.1) is 0 Å². The molecule has 0 aromatic carbocycles. The largest absolute Gasteiger partial charge is 0.495 e. The maximum absolute atomic E-state index is 5.87. The number of nitrogens with two attached hydrogens (primary N) is 1. The number of nitrogens with one attached hydrogen (secondary N) is 1. The van der Waals surface area contributed by atoms with Gasteiger partial charge in [-0.2, -0.15) is 0 Å². The van der Waals surface area contributed by atoms with Crippen molar-refractivity contribution in [2.75, 3.05) is 25.6 Å². The fourth-order valence-electron chi connectivity index (χ4n) is 2.27. The third-order valence-corrected chi connectivity index (χ3v) is 3.45. The summed E-state index contributed by atoms with van der Waals surface area (Å²) in [6.07, 6.45) is 6.41. The summed E-state index contributed by atoms with van der Waals surface area (Å²) in [6.45, 7) is 1.47. The first-order valence-corrected chi connectivity index (χ1v) is 6.89. The van der Waals surface area contributed by atoms with Crippen molar-refractivity contribution in [3.63, 3.8) is 0 Å². The molecule has 0 aliphatic heterocycles. The van der Waals surface area contributed by atoms with Gasteiger partial charge in [-0.1, -0.05) is 0 Å². The van der Waals surface area contributed by atoms with Gasteiger partial charge in [0, 0.05) is 12.6 Å². The Bertz CT molecular complexity index is 361. The molecule has 0 amide bonds. The molecule has 0 spiro atoms. The summed E-state index contributed by atoms with van der Waals surface area (Å²) in [5, 5.41) is 3.23. The van der Waals surface area contributed by atoms with Gasteiger partial charge in [0.2, 0.25) is 0 Å². The van der Waals surface area contributed by atoms with E-state index in [1.54, 1.807) is 13.3 Å². The molecule has 2 rings (SSSR count). The van der Waals surface area contributed by atoms with E-state index in [0.29, 0.717) is 18.8 Å². The molecule has 5 heteroatoms. The van der Waals surface area contributed by atoms with Crippen molar-refractivity contribution in [3.05, 3.63) is 18.3 Å². The van der Waals surface area contributed by atoms with E-state index in [4.69, 9.17) is 15.2 Å². The zero-order chi connectivity index (χ0) is 13.5. The molecule has 1 aliphatic rings. The molecule has 1 aromatic rings. The minimum Gasteiger partial charge on any atom is -0.495 e. The summed E-state index contributed by atoms with van der Waals surface area (Å²) >= 11 is 0. The highest BCUT2D eigenvalue weighted by Gasteiger charge is 2.18. The number of rotatable bonds is 6. The third-order valence-electron chi connectivity index (χ3n) is 3.45. The molecule has 1 heterocycles. The molecule has 19 heavy (non-hydrogen) atoms. The smallest absolute Gasteiger partial charge is 0.137 e. The topological polar surface area (TPSA) is 69.4 Å². The first kappa shape index (κ1) is 14.1. The molecule has 1 fully saturated rings. The van der Waals surface area contributed by atoms with Gasteiger partial charge in [-0.05, 0) is 37.8 Å². The molecular formula is C14H23N3O2. The molecule has 0 atom stereocenters. The van der Waals surface area contributed by atoms with Crippen LogP contribution in [0.15, 0.2) is 18.3 Å². The van der Waals surface area contributed by atoms with Gasteiger partial charge in [0.25, 0.3) is 0 Å². The van der Waals surface area contributed by atoms with Crippen LogP contribution in [0.25, 0.3) is 0 Å². The lowest BCUT2D eigenvalue weighted by molar-refractivity contribution is 0.0313. The van der Waals surface area contributed by atoms with Gasteiger partial charge in [0.1, 0.15) is 11.6 Å². The normalized spacial score (nSPS) is 23.1. The van der Waals surface area contributed by atoms with E-state index in [1.165, 1.54) is 0 Å². The van der Waals surface area contributed by atoms with Crippen LogP contribution in [-0.2, 0) is 4.74 Å². The van der Waals surface area contributed by atoms with E-state index in [1.807, 2.05) is 12.1 Å². The molecule has 0 bridgehead atoms. The lowest BCUT2D eigenvalue weighted by Gasteiger charge is -2.26. The van der Waals surface area contributed by atoms with Crippen LogP contribution in [0.1, 0.15) is 25.7 Å². The Balaban J connectivity index is 1.61. The van der Waals surface area contributed by atoms with Crippen LogP contribution in [0.5, 0.6) is 5.75 Å². The highest BCUT2D eigenvalue weighted by atomic mass is 16.5. The molecule has 0 saturated heterocycles. The fourth-order valence-corrected chi connectivity index (χ4v) is 2.27. The molecular weight excluding hydrogens is 242 g/mol. The van der Waals surface area contributed by atoms with Gasteiger partial charge in [-0.15, -0.1) is 0 Å². The zero-order valence-corrected chi connectivity index (χ0v) is 11.5. The van der Waals surface area contributed by atoms with Gasteiger partial charge in [0.05, 0.1) is 26.0 Å². The molecule has 5 nitrogen and oxygen atoms in total. The molecule has 3 N–H and O–H groups in total. The Kier molecular flexibility index (Phi) is 5.42. The molecule has 1 aromatic heterocycles. The summed E-state index contributed by atoms with van der Waals surface area (Å²) in [5.41, 5.74) is 5.87. The Morgan fingerprint density at radius 2 is 2.11 bits per heavy atom. The maximum Gasteiger partial charge on any atom is 0.137 e. The van der Waals surface area contributed by atoms with E-state index in [2.05, 4.69) is 10.3 Å². The summed E-state index contributed by atoms with van der Waals surface area (Å²) in [4.78, 5) is 4.24. The maximum atomic E-state index is 5.87. The van der Waals surface area contributed by atoms with Gasteiger partial charge in [-0.3, -0.25) is 0 Å². The number of hydrogen-bond acceptors (Lipinski definition) is 5. The monoisotopic (exact) mass is 265 g/mol. The average molecular weight is 265 g/mol. The molecule has 0 radical (unpaired) electrons. The zero-order valence-electron chi connectivity index (χ0n) is 11.5. The van der Waals surface area contributed by atoms with Crippen molar-refractivity contribution >= 4 is 5.82 Å². The van der Waals surface area contributed by atoms with Crippen LogP contribution >= 0.6 is 0 Å². The SMILES string of the molecule is COc1ccc(NCCOC2CCC(N)CC2)nc1. The van der Waals surface area contributed by atoms with E-state index in [0.717, 1.165) is 43.8 Å². The number of anilines is 1. The van der Waals surface area contributed by atoms with Gasteiger partial charge >= 0.3 is 0 Å². The van der Waals surface area contributed by atoms with Crippen LogP contribution in [0.4, 0.5) is 5.82 Å². The first-order chi connectivity index (χ1) is 9.28. The molecule has 1 saturated carbocycles. The van der Waals surface area contributed by atoms with E-state index >= 15 is 0 Å². The van der Waals surface area contributed by atoms with Gasteiger partial charge in [-0.25, -0.2) is 4.98 Å². The number of pyridine rings is 1. The standard InChI is InChI=1S/C14H23N3O2/c1-18-13-6-7-14(17-10-13)16-8-9-19-12-4-2-11(15)3-5-12/h6-7,10-12H,2-5,8-9,15H2,1H3,(H,16,17). The number of hydrogen-bond donors (Lipinski definition) is 2. The molecule has 0 unspecified atom stereocenters. The van der Waals surface area contributed by atoms with Crippen LogP contribution in [0.2, 0.25) is 0 Å². The number of aromatic nitrogens is 1. The van der Waals surface area contributed by atoms with Crippen molar-refractivity contribution in [3.8, 4) is 5.75 Å². The van der Waals surface area contributed by atoms with Crippen molar-refractivity contribution in [1.82, 2.24) is 4.98 Å². The second-order valence-electron chi connectivity index (χ2n) is 4.92. The second-order valence-corrected chi connectivity index (χ2v) is 4.92. The van der Waals surface area contributed by atoms with E-state index in [9.17, 15) is 0 Å². The lowest BCUT2D eigenvalue weighted by Crippen LogP contribution is -2.31. The summed E-state index contributed by atoms with van der Waals surface area (Å²) in [7, 11) is 1.63. The highest BCUT2D eigenvalue weighted by molar-refractivity contribution is 5.37. The predicted molar refractivity (Wildman–Crippen MR) is 75.5 cm³/mol. The van der Waals surface area contributed by atoms with Crippen molar-refractivity contribution < 1.29 is 9.47 Å². The number of ether oxygens (including phenoxy) is 2. The minimum atomic E-state index is 0.376. The minimum absolute atomic E-state index is 0.376. The van der Waals surface area contributed by atoms with Gasteiger partial charge < -0.3 is 20.5 Å². The quantitative estimate of drug-likeness (QED) is 0.767. The van der Waals surface area contributed by atoms with E-state index < -0.39 is 0 Å². The first-order valence-electron chi connectivity index (χ1n) is 6.89. The molecule has 106 valence electrons. The summed E-state index contributed by atoms with van der Waals surface area (Å²) < 4.78 is 10.9. The number of nitrogens with zero attached hydrogens (tertiary/aromatic N) is 1. The lowest BCUT2D eigenvalue weighted by atomic mass is 9.94. The fraction of sp³-hybridized carbons (Fsp3) is 0.643. The number of methoxy groups -OCH3 is 1. The van der Waals surface area contributed by atoms with Crippen LogP contribution in [-0.4, -0.2) is 37.4 Å². The van der Waals surface area contributed by atoms with E-state index in [-0.39, 0.29) is 0 Å². The summed E-state index contributed by atoms with van der Waals surface area (Å²) in [5.74, 6) is 1.61. The Hall–Kier alpha value is -1.33. The average Bonchev–Trinajstić information content (AvgIpc) is 2.46.